The van der Waals surface area contributed by atoms with Gasteiger partial charge in [-0.25, -0.2) is 0 Å². The third-order valence-corrected chi connectivity index (χ3v) is 4.77. The number of amides is 2. The second-order valence-electron chi connectivity index (χ2n) is 6.76. The number of carbonyl (C=O) groups excluding carboxylic acids is 3. The summed E-state index contributed by atoms with van der Waals surface area (Å²) in [6.07, 6.45) is 4.11. The molecule has 1 aliphatic heterocycles. The SMILES string of the molecule is CC(=O)N[C@@H]1CCCN(C(=O)COc2ccc3c(c2)CCCC3=O)C1. The Labute approximate surface area is 147 Å². The minimum Gasteiger partial charge on any atom is -0.484 e. The molecule has 6 nitrogen and oxygen atoms in total. The van der Waals surface area contributed by atoms with Crippen molar-refractivity contribution >= 4 is 17.6 Å². The molecule has 0 saturated carbocycles. The molecule has 1 aromatic rings. The fourth-order valence-electron chi connectivity index (χ4n) is 3.56. The molecule has 1 fully saturated rings. The Hall–Kier alpha value is -2.37. The number of piperidine rings is 1. The molecular weight excluding hydrogens is 320 g/mol. The van der Waals surface area contributed by atoms with Gasteiger partial charge in [-0.1, -0.05) is 0 Å². The maximum atomic E-state index is 12.4. The summed E-state index contributed by atoms with van der Waals surface area (Å²) in [6.45, 7) is 2.68. The minimum absolute atomic E-state index is 0.0185. The molecule has 1 aromatic carbocycles. The molecular formula is C19H24N2O4. The van der Waals surface area contributed by atoms with Crippen molar-refractivity contribution in [2.75, 3.05) is 19.7 Å². The highest BCUT2D eigenvalue weighted by Crippen LogP contribution is 2.25. The number of aryl methyl sites for hydroxylation is 1. The van der Waals surface area contributed by atoms with Gasteiger partial charge in [0.2, 0.25) is 5.91 Å². The van der Waals surface area contributed by atoms with Crippen LogP contribution in [-0.2, 0) is 16.0 Å². The smallest absolute Gasteiger partial charge is 0.260 e. The lowest BCUT2D eigenvalue weighted by Gasteiger charge is -2.33. The highest BCUT2D eigenvalue weighted by atomic mass is 16.5. The van der Waals surface area contributed by atoms with Crippen LogP contribution in [0.1, 0.15) is 48.5 Å². The minimum atomic E-state index is -0.0798. The molecule has 25 heavy (non-hydrogen) atoms. The Morgan fingerprint density at radius 3 is 2.92 bits per heavy atom. The van der Waals surface area contributed by atoms with Crippen molar-refractivity contribution in [3.8, 4) is 5.75 Å². The van der Waals surface area contributed by atoms with Crippen molar-refractivity contribution in [1.82, 2.24) is 10.2 Å². The monoisotopic (exact) mass is 344 g/mol. The van der Waals surface area contributed by atoms with Gasteiger partial charge in [0.05, 0.1) is 0 Å². The van der Waals surface area contributed by atoms with Crippen molar-refractivity contribution in [2.24, 2.45) is 0 Å². The fourth-order valence-corrected chi connectivity index (χ4v) is 3.56. The lowest BCUT2D eigenvalue weighted by atomic mass is 9.91. The van der Waals surface area contributed by atoms with Crippen LogP contribution in [0.5, 0.6) is 5.75 Å². The summed E-state index contributed by atoms with van der Waals surface area (Å²) < 4.78 is 5.65. The number of hydrogen-bond donors (Lipinski definition) is 1. The van der Waals surface area contributed by atoms with Crippen molar-refractivity contribution < 1.29 is 19.1 Å². The van der Waals surface area contributed by atoms with Crippen LogP contribution in [-0.4, -0.2) is 48.2 Å². The molecule has 0 spiro atoms. The summed E-state index contributed by atoms with van der Waals surface area (Å²) >= 11 is 0. The molecule has 134 valence electrons. The molecule has 0 radical (unpaired) electrons. The Balaban J connectivity index is 1.55. The zero-order valence-corrected chi connectivity index (χ0v) is 14.5. The number of nitrogens with zero attached hydrogens (tertiary/aromatic N) is 1. The molecule has 1 N–H and O–H groups in total. The third-order valence-electron chi connectivity index (χ3n) is 4.77. The van der Waals surface area contributed by atoms with E-state index >= 15 is 0 Å². The Morgan fingerprint density at radius 2 is 2.12 bits per heavy atom. The standard InChI is InChI=1S/C19H24N2O4/c1-13(22)20-15-5-3-9-21(11-15)19(24)12-25-16-7-8-17-14(10-16)4-2-6-18(17)23/h7-8,10,15H,2-6,9,11-12H2,1H3,(H,20,22)/t15-/m1/s1. The third kappa shape index (κ3) is 4.38. The first-order chi connectivity index (χ1) is 12.0. The molecule has 2 amide bonds. The fraction of sp³-hybridized carbons (Fsp3) is 0.526. The van der Waals surface area contributed by atoms with E-state index in [4.69, 9.17) is 4.74 Å². The number of benzene rings is 1. The summed E-state index contributed by atoms with van der Waals surface area (Å²) in [7, 11) is 0. The van der Waals surface area contributed by atoms with E-state index in [2.05, 4.69) is 5.32 Å². The van der Waals surface area contributed by atoms with E-state index < -0.39 is 0 Å². The van der Waals surface area contributed by atoms with Crippen LogP contribution < -0.4 is 10.1 Å². The first-order valence-corrected chi connectivity index (χ1v) is 8.87. The van der Waals surface area contributed by atoms with Crippen molar-refractivity contribution in [3.05, 3.63) is 29.3 Å². The number of nitrogens with one attached hydrogen (secondary N) is 1. The first kappa shape index (κ1) is 17.5. The van der Waals surface area contributed by atoms with Crippen LogP contribution in [0.25, 0.3) is 0 Å². The van der Waals surface area contributed by atoms with Gasteiger partial charge >= 0.3 is 0 Å². The average molecular weight is 344 g/mol. The number of carbonyl (C=O) groups is 3. The molecule has 0 bridgehead atoms. The number of ether oxygens (including phenoxy) is 1. The van der Waals surface area contributed by atoms with E-state index in [0.717, 1.165) is 36.8 Å². The number of rotatable bonds is 4. The summed E-state index contributed by atoms with van der Waals surface area (Å²) in [5, 5.41) is 2.87. The normalized spacial score (nSPS) is 20.0. The predicted octanol–water partition coefficient (Wildman–Crippen LogP) is 1.71. The second kappa shape index (κ2) is 7.68. The molecule has 1 saturated heterocycles. The van der Waals surface area contributed by atoms with Gasteiger partial charge in [-0.05, 0) is 49.4 Å². The molecule has 0 aromatic heterocycles. The van der Waals surface area contributed by atoms with Crippen LogP contribution >= 0.6 is 0 Å². The Kier molecular flexibility index (Phi) is 5.36. The van der Waals surface area contributed by atoms with Crippen LogP contribution in [0.3, 0.4) is 0 Å². The summed E-state index contributed by atoms with van der Waals surface area (Å²) in [5.41, 5.74) is 1.78. The number of Topliss-reactive ketones (excluding diaryl/α,β-unsaturated/α-hetero) is 1. The Bertz CT molecular complexity index is 686. The van der Waals surface area contributed by atoms with Crippen molar-refractivity contribution in [1.29, 1.82) is 0 Å². The maximum Gasteiger partial charge on any atom is 0.260 e. The highest BCUT2D eigenvalue weighted by Gasteiger charge is 2.24. The quantitative estimate of drug-likeness (QED) is 0.902. The summed E-state index contributed by atoms with van der Waals surface area (Å²) in [5.74, 6) is 0.654. The second-order valence-corrected chi connectivity index (χ2v) is 6.76. The van der Waals surface area contributed by atoms with E-state index in [-0.39, 0.29) is 30.2 Å². The first-order valence-electron chi connectivity index (χ1n) is 8.87. The van der Waals surface area contributed by atoms with Crippen LogP contribution in [0.4, 0.5) is 0 Å². The van der Waals surface area contributed by atoms with Gasteiger partial charge in [-0.15, -0.1) is 0 Å². The van der Waals surface area contributed by atoms with Crippen molar-refractivity contribution in [3.63, 3.8) is 0 Å². The lowest BCUT2D eigenvalue weighted by Crippen LogP contribution is -2.50. The Morgan fingerprint density at radius 1 is 1.28 bits per heavy atom. The largest absolute Gasteiger partial charge is 0.484 e. The van der Waals surface area contributed by atoms with Gasteiger partial charge in [0, 0.05) is 38.0 Å². The van der Waals surface area contributed by atoms with Crippen LogP contribution in [0.15, 0.2) is 18.2 Å². The van der Waals surface area contributed by atoms with Gasteiger partial charge in [0.15, 0.2) is 12.4 Å². The van der Waals surface area contributed by atoms with E-state index in [1.54, 1.807) is 17.0 Å². The molecule has 2 aliphatic rings. The molecule has 6 heteroatoms. The molecule has 3 rings (SSSR count). The number of fused-ring (bicyclic) bond motifs is 1. The average Bonchev–Trinajstić information content (AvgIpc) is 2.59. The van der Waals surface area contributed by atoms with Crippen LogP contribution in [0.2, 0.25) is 0 Å². The predicted molar refractivity (Wildman–Crippen MR) is 92.6 cm³/mol. The summed E-state index contributed by atoms with van der Waals surface area (Å²) in [4.78, 5) is 37.1. The van der Waals surface area contributed by atoms with Gasteiger partial charge < -0.3 is 15.0 Å². The van der Waals surface area contributed by atoms with E-state index in [0.29, 0.717) is 25.3 Å². The molecule has 1 atom stereocenters. The topological polar surface area (TPSA) is 75.7 Å². The number of likely N-dealkylation sites (tertiary alicyclic amines) is 1. The zero-order chi connectivity index (χ0) is 17.8. The summed E-state index contributed by atoms with van der Waals surface area (Å²) in [6, 6.07) is 5.44. The zero-order valence-electron chi connectivity index (χ0n) is 14.5. The molecule has 0 unspecified atom stereocenters. The van der Waals surface area contributed by atoms with Gasteiger partial charge in [0.1, 0.15) is 5.75 Å². The van der Waals surface area contributed by atoms with Gasteiger partial charge in [0.25, 0.3) is 5.91 Å². The van der Waals surface area contributed by atoms with Gasteiger partial charge in [-0.3, -0.25) is 14.4 Å². The van der Waals surface area contributed by atoms with Gasteiger partial charge in [-0.2, -0.15) is 0 Å². The lowest BCUT2D eigenvalue weighted by molar-refractivity contribution is -0.135. The van der Waals surface area contributed by atoms with Crippen LogP contribution in [0, 0.1) is 0 Å². The molecule has 1 aliphatic carbocycles. The van der Waals surface area contributed by atoms with E-state index in [1.807, 2.05) is 6.07 Å². The maximum absolute atomic E-state index is 12.4. The molecule has 1 heterocycles. The number of hydrogen-bond acceptors (Lipinski definition) is 4. The number of ketones is 1. The van der Waals surface area contributed by atoms with Crippen molar-refractivity contribution in [2.45, 2.75) is 45.1 Å². The highest BCUT2D eigenvalue weighted by molar-refractivity contribution is 5.98. The van der Waals surface area contributed by atoms with E-state index in [9.17, 15) is 14.4 Å². The van der Waals surface area contributed by atoms with E-state index in [1.165, 1.54) is 6.92 Å².